The van der Waals surface area contributed by atoms with Gasteiger partial charge in [-0.05, 0) is 18.3 Å². The molecule has 0 aliphatic heterocycles. The molecule has 112 valence electrons. The number of halogens is 3. The molecular formula is C13H23F3N2O. The van der Waals surface area contributed by atoms with E-state index in [1.54, 1.807) is 20.8 Å². The van der Waals surface area contributed by atoms with Crippen molar-refractivity contribution in [2.45, 2.75) is 64.7 Å². The smallest absolute Gasteiger partial charge is 0.351 e. The lowest BCUT2D eigenvalue weighted by Gasteiger charge is -2.35. The van der Waals surface area contributed by atoms with Gasteiger partial charge in [0, 0.05) is 6.04 Å². The zero-order chi connectivity index (χ0) is 14.8. The number of rotatable bonds is 2. The van der Waals surface area contributed by atoms with Crippen LogP contribution in [0.2, 0.25) is 0 Å². The van der Waals surface area contributed by atoms with Crippen LogP contribution in [-0.2, 0) is 4.79 Å². The number of nitrogens with one attached hydrogen (secondary N) is 1. The number of carbonyl (C=O) groups excluding carboxylic acids is 1. The Hall–Kier alpha value is -0.780. The average molecular weight is 280 g/mol. The van der Waals surface area contributed by atoms with Crippen LogP contribution in [0, 0.1) is 11.3 Å². The van der Waals surface area contributed by atoms with Crippen molar-refractivity contribution in [1.82, 2.24) is 5.32 Å². The molecule has 0 bridgehead atoms. The molecule has 0 aromatic heterocycles. The number of nitrogens with two attached hydrogens (primary N) is 1. The highest BCUT2D eigenvalue weighted by Gasteiger charge is 2.46. The molecule has 0 heterocycles. The average Bonchev–Trinajstić information content (AvgIpc) is 2.26. The molecule has 0 saturated heterocycles. The molecule has 1 rings (SSSR count). The van der Waals surface area contributed by atoms with E-state index in [9.17, 15) is 18.0 Å². The summed E-state index contributed by atoms with van der Waals surface area (Å²) in [5.74, 6) is -1.94. The fourth-order valence-electron chi connectivity index (χ4n) is 2.36. The highest BCUT2D eigenvalue weighted by molar-refractivity contribution is 5.82. The van der Waals surface area contributed by atoms with E-state index in [0.29, 0.717) is 19.3 Å². The Morgan fingerprint density at radius 2 is 1.74 bits per heavy atom. The fourth-order valence-corrected chi connectivity index (χ4v) is 2.36. The Morgan fingerprint density at radius 1 is 1.21 bits per heavy atom. The van der Waals surface area contributed by atoms with Gasteiger partial charge in [-0.15, -0.1) is 0 Å². The van der Waals surface area contributed by atoms with Crippen LogP contribution in [0.25, 0.3) is 0 Å². The van der Waals surface area contributed by atoms with Crippen molar-refractivity contribution in [2.75, 3.05) is 0 Å². The molecular weight excluding hydrogens is 257 g/mol. The third-order valence-corrected chi connectivity index (χ3v) is 3.73. The van der Waals surface area contributed by atoms with Crippen LogP contribution in [0.4, 0.5) is 13.2 Å². The molecule has 1 fully saturated rings. The SMILES string of the molecule is CC(C)(C)[C@@H](N)C(=O)NC1CCCCC1C(F)(F)F. The number of carbonyl (C=O) groups is 1. The summed E-state index contributed by atoms with van der Waals surface area (Å²) in [5, 5.41) is 2.50. The summed E-state index contributed by atoms with van der Waals surface area (Å²) in [7, 11) is 0. The van der Waals surface area contributed by atoms with Crippen molar-refractivity contribution in [3.63, 3.8) is 0 Å². The van der Waals surface area contributed by atoms with Gasteiger partial charge < -0.3 is 11.1 Å². The Morgan fingerprint density at radius 3 is 2.21 bits per heavy atom. The highest BCUT2D eigenvalue weighted by Crippen LogP contribution is 2.37. The number of alkyl halides is 3. The molecule has 0 aromatic carbocycles. The van der Waals surface area contributed by atoms with E-state index in [0.717, 1.165) is 0 Å². The van der Waals surface area contributed by atoms with Crippen LogP contribution in [0.3, 0.4) is 0 Å². The molecule has 19 heavy (non-hydrogen) atoms. The Bertz CT molecular complexity index is 323. The zero-order valence-electron chi connectivity index (χ0n) is 11.7. The van der Waals surface area contributed by atoms with E-state index >= 15 is 0 Å². The van der Waals surface area contributed by atoms with Crippen LogP contribution < -0.4 is 11.1 Å². The number of hydrogen-bond donors (Lipinski definition) is 2. The lowest BCUT2D eigenvalue weighted by Crippen LogP contribution is -2.55. The predicted octanol–water partition coefficient (Wildman–Crippen LogP) is 2.60. The second kappa shape index (κ2) is 5.69. The molecule has 3 N–H and O–H groups in total. The van der Waals surface area contributed by atoms with Crippen LogP contribution in [-0.4, -0.2) is 24.2 Å². The Kier molecular flexibility index (Phi) is 4.87. The molecule has 1 amide bonds. The topological polar surface area (TPSA) is 55.1 Å². The predicted molar refractivity (Wildman–Crippen MR) is 67.4 cm³/mol. The molecule has 0 aromatic rings. The summed E-state index contributed by atoms with van der Waals surface area (Å²) in [6.45, 7) is 5.37. The minimum atomic E-state index is -4.26. The van der Waals surface area contributed by atoms with Crippen molar-refractivity contribution >= 4 is 5.91 Å². The molecule has 1 saturated carbocycles. The van der Waals surface area contributed by atoms with Crippen molar-refractivity contribution < 1.29 is 18.0 Å². The summed E-state index contributed by atoms with van der Waals surface area (Å²) in [6.07, 6.45) is -2.54. The maximum absolute atomic E-state index is 12.9. The minimum Gasteiger partial charge on any atom is -0.351 e. The van der Waals surface area contributed by atoms with Crippen LogP contribution >= 0.6 is 0 Å². The Labute approximate surface area is 112 Å². The first-order chi connectivity index (χ1) is 8.53. The minimum absolute atomic E-state index is 0.0825. The largest absolute Gasteiger partial charge is 0.393 e. The standard InChI is InChI=1S/C13H23F3N2O/c1-12(2,3)10(17)11(19)18-9-7-5-4-6-8(9)13(14,15)16/h8-10H,4-7,17H2,1-3H3,(H,18,19)/t8?,9?,10-/m0/s1. The van der Waals surface area contributed by atoms with Gasteiger partial charge in [0.15, 0.2) is 0 Å². The molecule has 3 nitrogen and oxygen atoms in total. The molecule has 3 atom stereocenters. The summed E-state index contributed by atoms with van der Waals surface area (Å²) < 4.78 is 38.7. The van der Waals surface area contributed by atoms with Crippen molar-refractivity contribution in [2.24, 2.45) is 17.1 Å². The zero-order valence-corrected chi connectivity index (χ0v) is 11.7. The third-order valence-electron chi connectivity index (χ3n) is 3.73. The van der Waals surface area contributed by atoms with E-state index < -0.39 is 35.5 Å². The van der Waals surface area contributed by atoms with Crippen molar-refractivity contribution in [3.8, 4) is 0 Å². The lowest BCUT2D eigenvalue weighted by atomic mass is 9.82. The molecule has 1 aliphatic carbocycles. The van der Waals surface area contributed by atoms with Crippen LogP contribution in [0.15, 0.2) is 0 Å². The van der Waals surface area contributed by atoms with Gasteiger partial charge in [0.25, 0.3) is 0 Å². The second-order valence-corrected chi connectivity index (χ2v) is 6.39. The highest BCUT2D eigenvalue weighted by atomic mass is 19.4. The maximum atomic E-state index is 12.9. The van der Waals surface area contributed by atoms with Gasteiger partial charge in [-0.2, -0.15) is 13.2 Å². The normalized spacial score (nSPS) is 26.9. The van der Waals surface area contributed by atoms with Gasteiger partial charge in [-0.1, -0.05) is 33.6 Å². The molecule has 0 radical (unpaired) electrons. The summed E-state index contributed by atoms with van der Waals surface area (Å²) in [4.78, 5) is 11.9. The second-order valence-electron chi connectivity index (χ2n) is 6.39. The van der Waals surface area contributed by atoms with Gasteiger partial charge in [-0.25, -0.2) is 0 Å². The number of hydrogen-bond acceptors (Lipinski definition) is 2. The van der Waals surface area contributed by atoms with E-state index in [2.05, 4.69) is 5.32 Å². The first kappa shape index (κ1) is 16.3. The van der Waals surface area contributed by atoms with Gasteiger partial charge in [0.1, 0.15) is 0 Å². The van der Waals surface area contributed by atoms with E-state index in [1.807, 2.05) is 0 Å². The summed E-state index contributed by atoms with van der Waals surface area (Å²) in [6, 6.07) is -1.64. The third kappa shape index (κ3) is 4.37. The van der Waals surface area contributed by atoms with E-state index in [1.165, 1.54) is 0 Å². The fraction of sp³-hybridized carbons (Fsp3) is 0.923. The van der Waals surface area contributed by atoms with E-state index in [-0.39, 0.29) is 6.42 Å². The lowest BCUT2D eigenvalue weighted by molar-refractivity contribution is -0.189. The monoisotopic (exact) mass is 280 g/mol. The molecule has 2 unspecified atom stereocenters. The van der Waals surface area contributed by atoms with Gasteiger partial charge in [0.2, 0.25) is 5.91 Å². The van der Waals surface area contributed by atoms with Crippen molar-refractivity contribution in [1.29, 1.82) is 0 Å². The molecule has 0 spiro atoms. The molecule has 6 heteroatoms. The van der Waals surface area contributed by atoms with Gasteiger partial charge >= 0.3 is 6.18 Å². The van der Waals surface area contributed by atoms with Crippen molar-refractivity contribution in [3.05, 3.63) is 0 Å². The Balaban J connectivity index is 2.71. The molecule has 1 aliphatic rings. The summed E-state index contributed by atoms with van der Waals surface area (Å²) in [5.41, 5.74) is 5.31. The van der Waals surface area contributed by atoms with Crippen LogP contribution in [0.1, 0.15) is 46.5 Å². The quantitative estimate of drug-likeness (QED) is 0.817. The van der Waals surface area contributed by atoms with E-state index in [4.69, 9.17) is 5.73 Å². The summed E-state index contributed by atoms with van der Waals surface area (Å²) >= 11 is 0. The first-order valence-electron chi connectivity index (χ1n) is 6.66. The maximum Gasteiger partial charge on any atom is 0.393 e. The first-order valence-corrected chi connectivity index (χ1v) is 6.66. The number of amides is 1. The van der Waals surface area contributed by atoms with Crippen LogP contribution in [0.5, 0.6) is 0 Å². The van der Waals surface area contributed by atoms with Gasteiger partial charge in [-0.3, -0.25) is 4.79 Å². The van der Waals surface area contributed by atoms with Gasteiger partial charge in [0.05, 0.1) is 12.0 Å².